The summed E-state index contributed by atoms with van der Waals surface area (Å²) in [5.41, 5.74) is 1.35. The zero-order chi connectivity index (χ0) is 7.07. The first-order valence-electron chi connectivity index (χ1n) is 2.98. The lowest BCUT2D eigenvalue weighted by Gasteiger charge is -1.99. The van der Waals surface area contributed by atoms with Gasteiger partial charge in [-0.25, -0.2) is 0 Å². The Kier molecular flexibility index (Phi) is 2.11. The Morgan fingerprint density at radius 1 is 1.67 bits per heavy atom. The van der Waals surface area contributed by atoms with Gasteiger partial charge in [0.05, 0.1) is 5.82 Å². The summed E-state index contributed by atoms with van der Waals surface area (Å²) in [7, 11) is 0. The fourth-order valence-corrected chi connectivity index (χ4v) is 5.13. The summed E-state index contributed by atoms with van der Waals surface area (Å²) in [6.07, 6.45) is 0.974. The highest BCUT2D eigenvalue weighted by Crippen LogP contribution is 2.75. The van der Waals surface area contributed by atoms with E-state index in [-0.39, 0.29) is 0 Å². The molecule has 0 radical (unpaired) electrons. The normalized spacial score (nSPS) is 32.4. The second-order valence-corrected chi connectivity index (χ2v) is 8.76. The predicted octanol–water partition coefficient (Wildman–Crippen LogP) is 3.87. The van der Waals surface area contributed by atoms with Crippen molar-refractivity contribution in [2.45, 2.75) is 13.8 Å². The summed E-state index contributed by atoms with van der Waals surface area (Å²) in [4.78, 5) is 0. The lowest BCUT2D eigenvalue weighted by Crippen LogP contribution is -1.92. The molecule has 9 heavy (non-hydrogen) atoms. The van der Waals surface area contributed by atoms with Crippen molar-refractivity contribution < 1.29 is 0 Å². The number of rotatable bonds is 0. The Balaban J connectivity index is 2.74. The largest absolute Gasteiger partial charge is 0.236 e. The molecular formula is C6H10Cl2P+. The maximum absolute atomic E-state index is 5.96. The molecule has 1 aliphatic rings. The van der Waals surface area contributed by atoms with Crippen LogP contribution in [0.5, 0.6) is 0 Å². The van der Waals surface area contributed by atoms with Gasteiger partial charge < -0.3 is 0 Å². The van der Waals surface area contributed by atoms with Crippen LogP contribution in [0.15, 0.2) is 11.4 Å². The van der Waals surface area contributed by atoms with Crippen LogP contribution in [0.4, 0.5) is 0 Å². The quantitative estimate of drug-likeness (QED) is 0.501. The summed E-state index contributed by atoms with van der Waals surface area (Å²) in [5.74, 6) is 1.02. The van der Waals surface area contributed by atoms with E-state index in [1.807, 2.05) is 5.82 Å². The fraction of sp³-hybridized carbons (Fsp3) is 0.667. The Hall–Kier alpha value is 0.750. The van der Waals surface area contributed by atoms with Crippen LogP contribution in [0, 0.1) is 5.92 Å². The molecule has 1 rings (SSSR count). The summed E-state index contributed by atoms with van der Waals surface area (Å²) in [6, 6.07) is 0. The third-order valence-electron chi connectivity index (χ3n) is 1.69. The van der Waals surface area contributed by atoms with Crippen LogP contribution < -0.4 is 0 Å². The van der Waals surface area contributed by atoms with Crippen molar-refractivity contribution in [2.75, 3.05) is 6.16 Å². The third kappa shape index (κ3) is 1.83. The molecule has 0 amide bonds. The smallest absolute Gasteiger partial charge is 0.0550 e. The number of hydrogen-bond donors (Lipinski definition) is 0. The maximum atomic E-state index is 5.96. The molecule has 0 aromatic rings. The van der Waals surface area contributed by atoms with E-state index in [1.165, 1.54) is 5.57 Å². The zero-order valence-corrected chi connectivity index (χ0v) is 7.97. The zero-order valence-electron chi connectivity index (χ0n) is 5.56. The van der Waals surface area contributed by atoms with Gasteiger partial charge in [0.15, 0.2) is 0 Å². The van der Waals surface area contributed by atoms with Gasteiger partial charge in [0, 0.05) is 5.92 Å². The topological polar surface area (TPSA) is 0 Å². The van der Waals surface area contributed by atoms with Crippen LogP contribution >= 0.6 is 28.4 Å². The molecule has 0 saturated carbocycles. The van der Waals surface area contributed by atoms with Crippen LogP contribution in [0.1, 0.15) is 13.8 Å². The van der Waals surface area contributed by atoms with Gasteiger partial charge in [-0.15, -0.1) is 0 Å². The molecule has 0 aromatic heterocycles. The number of hydrogen-bond acceptors (Lipinski definition) is 0. The summed E-state index contributed by atoms with van der Waals surface area (Å²) in [6.45, 7) is 4.26. The van der Waals surface area contributed by atoms with Crippen molar-refractivity contribution in [1.82, 2.24) is 0 Å². The Labute approximate surface area is 66.1 Å². The molecule has 1 aliphatic heterocycles. The molecule has 1 unspecified atom stereocenters. The highest BCUT2D eigenvalue weighted by molar-refractivity contribution is 8.19. The highest BCUT2D eigenvalue weighted by atomic mass is 35.9. The van der Waals surface area contributed by atoms with Crippen LogP contribution in [-0.4, -0.2) is 6.16 Å². The standard InChI is InChI=1S/C6H10Cl2P/c1-5-3-9(7,8)4-6(5)2/h3,6H,4H2,1-2H3/q+1. The molecular weight excluding hydrogens is 174 g/mol. The van der Waals surface area contributed by atoms with Crippen molar-refractivity contribution in [3.63, 3.8) is 0 Å². The van der Waals surface area contributed by atoms with Gasteiger partial charge >= 0.3 is 0 Å². The SMILES string of the molecule is CC1=C[P+](Cl)(Cl)CC1C. The minimum absolute atomic E-state index is 0.605. The minimum atomic E-state index is -1.62. The summed E-state index contributed by atoms with van der Waals surface area (Å²) in [5, 5.41) is 0. The molecule has 0 fully saturated rings. The molecule has 0 aromatic carbocycles. The van der Waals surface area contributed by atoms with Crippen molar-refractivity contribution in [3.05, 3.63) is 11.4 Å². The van der Waals surface area contributed by atoms with E-state index in [9.17, 15) is 0 Å². The summed E-state index contributed by atoms with van der Waals surface area (Å²) >= 11 is 11.9. The van der Waals surface area contributed by atoms with Crippen LogP contribution in [0.2, 0.25) is 0 Å². The first kappa shape index (κ1) is 7.85. The molecule has 0 N–H and O–H groups in total. The molecule has 0 spiro atoms. The van der Waals surface area contributed by atoms with Gasteiger partial charge in [0.2, 0.25) is 5.97 Å². The average Bonchev–Trinajstić information content (AvgIpc) is 1.79. The predicted molar refractivity (Wildman–Crippen MR) is 46.4 cm³/mol. The van der Waals surface area contributed by atoms with E-state index in [1.54, 1.807) is 0 Å². The van der Waals surface area contributed by atoms with Crippen molar-refractivity contribution in [1.29, 1.82) is 0 Å². The third-order valence-corrected chi connectivity index (χ3v) is 4.92. The van der Waals surface area contributed by atoms with Gasteiger partial charge in [-0.3, -0.25) is 0 Å². The minimum Gasteiger partial charge on any atom is -0.0550 e. The van der Waals surface area contributed by atoms with Crippen molar-refractivity contribution in [3.8, 4) is 0 Å². The lowest BCUT2D eigenvalue weighted by molar-refractivity contribution is 0.795. The van der Waals surface area contributed by atoms with E-state index in [0.29, 0.717) is 5.92 Å². The Bertz CT molecular complexity index is 151. The fourth-order valence-electron chi connectivity index (χ4n) is 0.987. The molecule has 0 nitrogen and oxygen atoms in total. The maximum Gasteiger partial charge on any atom is 0.236 e. The van der Waals surface area contributed by atoms with Crippen LogP contribution in [0.3, 0.4) is 0 Å². The Morgan fingerprint density at radius 3 is 2.33 bits per heavy atom. The van der Waals surface area contributed by atoms with Crippen molar-refractivity contribution in [2.24, 2.45) is 5.92 Å². The molecule has 52 valence electrons. The number of allylic oxidation sites excluding steroid dienone is 1. The number of halogens is 2. The monoisotopic (exact) mass is 183 g/mol. The van der Waals surface area contributed by atoms with Crippen LogP contribution in [-0.2, 0) is 0 Å². The van der Waals surface area contributed by atoms with Gasteiger partial charge in [-0.05, 0) is 12.5 Å². The first-order valence-corrected chi connectivity index (χ1v) is 6.83. The molecule has 0 aliphatic carbocycles. The highest BCUT2D eigenvalue weighted by Gasteiger charge is 2.41. The second kappa shape index (κ2) is 2.42. The van der Waals surface area contributed by atoms with E-state index in [4.69, 9.17) is 22.5 Å². The first-order chi connectivity index (χ1) is 4.01. The lowest BCUT2D eigenvalue weighted by atomic mass is 10.1. The van der Waals surface area contributed by atoms with Gasteiger partial charge in [0.1, 0.15) is 28.6 Å². The van der Waals surface area contributed by atoms with Crippen LogP contribution in [0.25, 0.3) is 0 Å². The molecule has 1 heterocycles. The van der Waals surface area contributed by atoms with E-state index < -0.39 is 5.97 Å². The Morgan fingerprint density at radius 2 is 2.22 bits per heavy atom. The van der Waals surface area contributed by atoms with Gasteiger partial charge in [-0.2, -0.15) is 0 Å². The second-order valence-electron chi connectivity index (χ2n) is 2.64. The van der Waals surface area contributed by atoms with E-state index >= 15 is 0 Å². The molecule has 1 atom stereocenters. The summed E-state index contributed by atoms with van der Waals surface area (Å²) < 4.78 is 0. The molecule has 3 heteroatoms. The molecule has 0 bridgehead atoms. The average molecular weight is 184 g/mol. The van der Waals surface area contributed by atoms with Gasteiger partial charge in [0.25, 0.3) is 0 Å². The van der Waals surface area contributed by atoms with E-state index in [2.05, 4.69) is 13.8 Å². The van der Waals surface area contributed by atoms with Crippen molar-refractivity contribution >= 4 is 28.4 Å². The van der Waals surface area contributed by atoms with E-state index in [0.717, 1.165) is 6.16 Å². The molecule has 0 saturated heterocycles. The van der Waals surface area contributed by atoms with Gasteiger partial charge in [-0.1, -0.05) is 6.92 Å².